The molecule has 4 aliphatic heterocycles. The van der Waals surface area contributed by atoms with Gasteiger partial charge in [-0.15, -0.1) is 10.2 Å². The highest BCUT2D eigenvalue weighted by molar-refractivity contribution is 5.94. The molecule has 3 atom stereocenters. The average molecular weight is 467 g/mol. The molecule has 12 nitrogen and oxygen atoms in total. The minimum Gasteiger partial charge on any atom is -0.456 e. The maximum atomic E-state index is 13.5. The van der Waals surface area contributed by atoms with Gasteiger partial charge in [-0.2, -0.15) is 9.78 Å². The maximum Gasteiger partial charge on any atom is 0.336 e. The molecule has 6 heterocycles. The summed E-state index contributed by atoms with van der Waals surface area (Å²) in [6, 6.07) is 3.94. The molecule has 3 fully saturated rings. The van der Waals surface area contributed by atoms with Gasteiger partial charge in [-0.1, -0.05) is 0 Å². The monoisotopic (exact) mass is 466 g/mol. The predicted molar refractivity (Wildman–Crippen MR) is 115 cm³/mol. The van der Waals surface area contributed by atoms with Crippen LogP contribution in [-0.2, 0) is 14.3 Å². The summed E-state index contributed by atoms with van der Waals surface area (Å²) in [7, 11) is 0. The van der Waals surface area contributed by atoms with Crippen LogP contribution in [0.3, 0.4) is 0 Å². The predicted octanol–water partition coefficient (Wildman–Crippen LogP) is 0.162. The number of likely N-dealkylation sites (tertiary alicyclic amines) is 1. The van der Waals surface area contributed by atoms with E-state index in [4.69, 9.17) is 4.74 Å². The van der Waals surface area contributed by atoms with Gasteiger partial charge in [0.05, 0.1) is 22.4 Å². The van der Waals surface area contributed by atoms with Crippen LogP contribution < -0.4 is 0 Å². The minimum atomic E-state index is -0.780. The van der Waals surface area contributed by atoms with Crippen LogP contribution in [-0.4, -0.2) is 89.0 Å². The first-order valence-corrected chi connectivity index (χ1v) is 11.6. The van der Waals surface area contributed by atoms with Crippen molar-refractivity contribution in [3.63, 3.8) is 0 Å². The van der Waals surface area contributed by atoms with Crippen molar-refractivity contribution in [3.05, 3.63) is 35.4 Å². The molecule has 1 N–H and O–H groups in total. The summed E-state index contributed by atoms with van der Waals surface area (Å²) in [5.74, 6) is 0.271. The number of aliphatic hydroxyl groups is 1. The number of amides is 1. The average Bonchev–Trinajstić information content (AvgIpc) is 3.60. The molecule has 6 rings (SSSR count). The zero-order valence-corrected chi connectivity index (χ0v) is 18.9. The second-order valence-electron chi connectivity index (χ2n) is 9.71. The third-order valence-corrected chi connectivity index (χ3v) is 7.92. The maximum absolute atomic E-state index is 13.5. The van der Waals surface area contributed by atoms with Crippen molar-refractivity contribution in [2.45, 2.75) is 57.2 Å². The Bertz CT molecular complexity index is 1130. The van der Waals surface area contributed by atoms with Gasteiger partial charge in [0.25, 0.3) is 0 Å². The van der Waals surface area contributed by atoms with E-state index in [-0.39, 0.29) is 36.0 Å². The van der Waals surface area contributed by atoms with E-state index in [0.29, 0.717) is 30.2 Å². The van der Waals surface area contributed by atoms with E-state index in [1.165, 1.54) is 11.0 Å². The molecule has 34 heavy (non-hydrogen) atoms. The summed E-state index contributed by atoms with van der Waals surface area (Å²) < 4.78 is 6.54. The number of ether oxygens (including phenoxy) is 1. The topological polar surface area (TPSA) is 139 Å². The number of carbonyl (C=O) groups is 2. The summed E-state index contributed by atoms with van der Waals surface area (Å²) in [5, 5.41) is 30.1. The molecular formula is C22H26N8O4. The second kappa shape index (κ2) is 7.91. The lowest BCUT2D eigenvalue weighted by Crippen LogP contribution is -2.51. The Labute approximate surface area is 195 Å². The first kappa shape index (κ1) is 21.3. The van der Waals surface area contributed by atoms with Crippen molar-refractivity contribution in [2.75, 3.05) is 19.7 Å². The summed E-state index contributed by atoms with van der Waals surface area (Å²) in [5.41, 5.74) is 1.37. The fraction of sp³-hybridized carbons (Fsp3) is 0.591. The van der Waals surface area contributed by atoms with Crippen molar-refractivity contribution >= 4 is 11.9 Å². The third-order valence-electron chi connectivity index (χ3n) is 7.92. The normalized spacial score (nSPS) is 30.0. The Morgan fingerprint density at radius 2 is 2.00 bits per heavy atom. The Kier molecular flexibility index (Phi) is 4.96. The van der Waals surface area contributed by atoms with Crippen LogP contribution in [0, 0.1) is 5.41 Å². The summed E-state index contributed by atoms with van der Waals surface area (Å²) >= 11 is 0. The van der Waals surface area contributed by atoms with Crippen LogP contribution in [0.25, 0.3) is 5.82 Å². The number of esters is 1. The van der Waals surface area contributed by atoms with Crippen molar-refractivity contribution in [2.24, 2.45) is 5.41 Å². The molecule has 3 saturated heterocycles. The van der Waals surface area contributed by atoms with Crippen LogP contribution in [0.15, 0.2) is 29.7 Å². The number of hydrogen-bond acceptors (Lipinski definition) is 10. The van der Waals surface area contributed by atoms with E-state index < -0.39 is 6.10 Å². The zero-order valence-electron chi connectivity index (χ0n) is 18.9. The van der Waals surface area contributed by atoms with Crippen LogP contribution in [0.2, 0.25) is 0 Å². The molecule has 4 aliphatic rings. The van der Waals surface area contributed by atoms with Gasteiger partial charge < -0.3 is 14.7 Å². The van der Waals surface area contributed by atoms with E-state index in [1.807, 2.05) is 0 Å². The number of nitrogens with zero attached hydrogens (tertiary/aromatic N) is 8. The molecule has 1 amide bonds. The van der Waals surface area contributed by atoms with E-state index in [2.05, 4.69) is 30.6 Å². The molecular weight excluding hydrogens is 440 g/mol. The smallest absolute Gasteiger partial charge is 0.336 e. The van der Waals surface area contributed by atoms with Crippen LogP contribution in [0.4, 0.5) is 0 Å². The van der Waals surface area contributed by atoms with Gasteiger partial charge in [-0.3, -0.25) is 9.69 Å². The Balaban J connectivity index is 1.14. The molecule has 12 heteroatoms. The van der Waals surface area contributed by atoms with Crippen molar-refractivity contribution in [1.29, 1.82) is 0 Å². The molecule has 0 radical (unpaired) electrons. The quantitative estimate of drug-likeness (QED) is 0.606. The number of tetrazole rings is 1. The number of aliphatic hydroxyl groups excluding tert-OH is 1. The number of piperidine rings is 1. The van der Waals surface area contributed by atoms with Gasteiger partial charge >= 0.3 is 5.97 Å². The lowest BCUT2D eigenvalue weighted by atomic mass is 9.73. The van der Waals surface area contributed by atoms with Gasteiger partial charge in [-0.05, 0) is 61.6 Å². The number of fused-ring (bicyclic) bond motifs is 2. The summed E-state index contributed by atoms with van der Waals surface area (Å²) in [6.07, 6.45) is 5.02. The number of hydrogen-bond donors (Lipinski definition) is 1. The molecule has 1 unspecified atom stereocenters. The standard InChI is InChI=1S/C22H26N8O4/c1-13-17(11-34-20(13)32)28-7-6-22(21(28)33)8-14-2-3-15(9-22)29(14)10-18(31)16-4-5-19(25-24-16)30-12-23-26-27-30/h4-5,12,14-15,18,31H,2-3,6-11H2,1H3/t14-,15-,18?/m1/s1. The van der Waals surface area contributed by atoms with Gasteiger partial charge in [0.1, 0.15) is 19.0 Å². The first-order valence-electron chi connectivity index (χ1n) is 11.6. The molecule has 2 bridgehead atoms. The SMILES string of the molecule is CC1=C(N2CCC3(C[C@H]4CC[C@H](C3)N4CC(O)c3ccc(-n4cnnn4)nn3)C2=O)COC1=O. The number of cyclic esters (lactones) is 1. The van der Waals surface area contributed by atoms with E-state index in [1.54, 1.807) is 24.0 Å². The van der Waals surface area contributed by atoms with Gasteiger partial charge in [-0.25, -0.2) is 4.79 Å². The highest BCUT2D eigenvalue weighted by Gasteiger charge is 2.56. The summed E-state index contributed by atoms with van der Waals surface area (Å²) in [4.78, 5) is 29.5. The lowest BCUT2D eigenvalue weighted by Gasteiger charge is -2.44. The zero-order chi connectivity index (χ0) is 23.4. The van der Waals surface area contributed by atoms with E-state index >= 15 is 0 Å². The minimum absolute atomic E-state index is 0.126. The highest BCUT2D eigenvalue weighted by Crippen LogP contribution is 2.52. The lowest BCUT2D eigenvalue weighted by molar-refractivity contribution is -0.140. The number of aromatic nitrogens is 6. The third kappa shape index (κ3) is 3.31. The molecule has 1 spiro atoms. The van der Waals surface area contributed by atoms with Gasteiger partial charge in [0.2, 0.25) is 5.91 Å². The molecule has 0 saturated carbocycles. The Hall–Kier alpha value is -3.25. The van der Waals surface area contributed by atoms with Gasteiger partial charge in [0.15, 0.2) is 5.82 Å². The van der Waals surface area contributed by atoms with Crippen molar-refractivity contribution in [3.8, 4) is 5.82 Å². The van der Waals surface area contributed by atoms with Crippen LogP contribution in [0.1, 0.15) is 50.8 Å². The van der Waals surface area contributed by atoms with Crippen LogP contribution >= 0.6 is 0 Å². The molecule has 0 aromatic carbocycles. The second-order valence-corrected chi connectivity index (χ2v) is 9.71. The number of carbonyl (C=O) groups excluding carboxylic acids is 2. The van der Waals surface area contributed by atoms with E-state index in [9.17, 15) is 14.7 Å². The highest BCUT2D eigenvalue weighted by atomic mass is 16.5. The fourth-order valence-corrected chi connectivity index (χ4v) is 6.14. The molecule has 2 aromatic heterocycles. The van der Waals surface area contributed by atoms with Crippen LogP contribution in [0.5, 0.6) is 0 Å². The van der Waals surface area contributed by atoms with Gasteiger partial charge in [0, 0.05) is 25.2 Å². The number of rotatable bonds is 5. The molecule has 2 aromatic rings. The molecule has 0 aliphatic carbocycles. The van der Waals surface area contributed by atoms with Crippen molar-refractivity contribution < 1.29 is 19.4 Å². The molecule has 178 valence electrons. The Morgan fingerprint density at radius 1 is 1.21 bits per heavy atom. The fourth-order valence-electron chi connectivity index (χ4n) is 6.14. The summed E-state index contributed by atoms with van der Waals surface area (Å²) in [6.45, 7) is 3.00. The van der Waals surface area contributed by atoms with Crippen molar-refractivity contribution in [1.82, 2.24) is 40.2 Å². The van der Waals surface area contributed by atoms with E-state index in [0.717, 1.165) is 37.8 Å². The largest absolute Gasteiger partial charge is 0.456 e. The first-order chi connectivity index (χ1) is 16.4. The Morgan fingerprint density at radius 3 is 2.62 bits per heavy atom.